The van der Waals surface area contributed by atoms with E-state index < -0.39 is 0 Å². The van der Waals surface area contributed by atoms with Gasteiger partial charge in [-0.1, -0.05) is 49.6 Å². The molecule has 2 heterocycles. The van der Waals surface area contributed by atoms with E-state index in [1.54, 1.807) is 0 Å². The summed E-state index contributed by atoms with van der Waals surface area (Å²) in [5.74, 6) is 1.31. The monoisotopic (exact) mass is 350 g/mol. The van der Waals surface area contributed by atoms with Gasteiger partial charge in [0.05, 0.1) is 11.8 Å². The number of para-hydroxylation sites is 1. The van der Waals surface area contributed by atoms with Crippen molar-refractivity contribution in [1.29, 1.82) is 0 Å². The number of halogens is 1. The highest BCUT2D eigenvalue weighted by molar-refractivity contribution is 6.01. The fourth-order valence-electron chi connectivity index (χ4n) is 4.61. The lowest BCUT2D eigenvalue weighted by atomic mass is 9.86. The summed E-state index contributed by atoms with van der Waals surface area (Å²) in [6.45, 7) is 0. The molecule has 1 saturated carbocycles. The standard InChI is InChI=1S/C22H23FN2O/c23-17-12-10-15(11-13-17)19-14-20-18-8-4-5-9-21(18)26-22(25(20)24-19)16-6-2-1-3-7-16/h4-5,8-13,16,20,22H,1-3,6-7,14H2/t20-,22+/m1/s1. The first-order valence-corrected chi connectivity index (χ1v) is 9.67. The average molecular weight is 350 g/mol. The molecule has 1 aliphatic carbocycles. The van der Waals surface area contributed by atoms with E-state index in [4.69, 9.17) is 9.84 Å². The summed E-state index contributed by atoms with van der Waals surface area (Å²) in [6, 6.07) is 15.2. The molecule has 2 aromatic rings. The first-order valence-electron chi connectivity index (χ1n) is 9.67. The predicted molar refractivity (Wildman–Crippen MR) is 99.6 cm³/mol. The molecule has 2 aromatic carbocycles. The van der Waals surface area contributed by atoms with Crippen LogP contribution in [0, 0.1) is 11.7 Å². The van der Waals surface area contributed by atoms with Crippen LogP contribution in [0.2, 0.25) is 0 Å². The second kappa shape index (κ2) is 6.42. The zero-order valence-corrected chi connectivity index (χ0v) is 14.8. The van der Waals surface area contributed by atoms with E-state index in [2.05, 4.69) is 23.2 Å². The molecule has 26 heavy (non-hydrogen) atoms. The van der Waals surface area contributed by atoms with Crippen LogP contribution in [-0.2, 0) is 0 Å². The van der Waals surface area contributed by atoms with Gasteiger partial charge < -0.3 is 4.74 Å². The molecule has 1 fully saturated rings. The van der Waals surface area contributed by atoms with E-state index in [9.17, 15) is 4.39 Å². The Labute approximate surface area is 153 Å². The fourth-order valence-corrected chi connectivity index (χ4v) is 4.61. The highest BCUT2D eigenvalue weighted by atomic mass is 19.1. The van der Waals surface area contributed by atoms with Gasteiger partial charge in [0, 0.05) is 17.9 Å². The van der Waals surface area contributed by atoms with Gasteiger partial charge in [-0.3, -0.25) is 0 Å². The number of rotatable bonds is 2. The van der Waals surface area contributed by atoms with Crippen LogP contribution in [0.3, 0.4) is 0 Å². The Balaban J connectivity index is 1.52. The minimum atomic E-state index is -0.209. The fraction of sp³-hybridized carbons (Fsp3) is 0.409. The molecule has 0 spiro atoms. The molecule has 0 unspecified atom stereocenters. The molecule has 0 amide bonds. The van der Waals surface area contributed by atoms with Crippen LogP contribution < -0.4 is 4.74 Å². The Hall–Kier alpha value is -2.36. The predicted octanol–water partition coefficient (Wildman–Crippen LogP) is 5.28. The molecular weight excluding hydrogens is 327 g/mol. The normalized spacial score (nSPS) is 25.3. The van der Waals surface area contributed by atoms with Crippen molar-refractivity contribution >= 4 is 5.71 Å². The van der Waals surface area contributed by atoms with Crippen molar-refractivity contribution in [3.63, 3.8) is 0 Å². The zero-order valence-electron chi connectivity index (χ0n) is 14.8. The SMILES string of the molecule is Fc1ccc(C2=NN3[C@H](C2)c2ccccc2O[C@H]3C2CCCCC2)cc1. The number of ether oxygens (including phenoxy) is 1. The molecule has 0 N–H and O–H groups in total. The number of hydrogen-bond donors (Lipinski definition) is 0. The first-order chi connectivity index (χ1) is 12.8. The molecule has 5 rings (SSSR count). The van der Waals surface area contributed by atoms with Crippen LogP contribution in [0.25, 0.3) is 0 Å². The molecule has 4 heteroatoms. The summed E-state index contributed by atoms with van der Waals surface area (Å²) in [7, 11) is 0. The van der Waals surface area contributed by atoms with Crippen molar-refractivity contribution in [1.82, 2.24) is 5.01 Å². The molecule has 0 bridgehead atoms. The Morgan fingerprint density at radius 1 is 0.962 bits per heavy atom. The molecule has 3 aliphatic rings. The lowest BCUT2D eigenvalue weighted by molar-refractivity contribution is -0.0643. The Bertz CT molecular complexity index is 826. The van der Waals surface area contributed by atoms with E-state index in [1.807, 2.05) is 18.2 Å². The van der Waals surface area contributed by atoms with Crippen molar-refractivity contribution in [3.8, 4) is 5.75 Å². The van der Waals surface area contributed by atoms with Crippen LogP contribution in [0.5, 0.6) is 5.75 Å². The number of nitrogens with zero attached hydrogens (tertiary/aromatic N) is 2. The van der Waals surface area contributed by atoms with Crippen molar-refractivity contribution < 1.29 is 9.13 Å². The summed E-state index contributed by atoms with van der Waals surface area (Å²) in [5, 5.41) is 7.16. The van der Waals surface area contributed by atoms with Gasteiger partial charge in [0.25, 0.3) is 0 Å². The quantitative estimate of drug-likeness (QED) is 0.736. The Morgan fingerprint density at radius 2 is 1.73 bits per heavy atom. The average Bonchev–Trinajstić information content (AvgIpc) is 3.14. The van der Waals surface area contributed by atoms with E-state index in [0.29, 0.717) is 5.92 Å². The first kappa shape index (κ1) is 15.9. The molecule has 134 valence electrons. The zero-order chi connectivity index (χ0) is 17.5. The minimum absolute atomic E-state index is 0.00754. The maximum Gasteiger partial charge on any atom is 0.190 e. The van der Waals surface area contributed by atoms with Crippen LogP contribution in [0.4, 0.5) is 4.39 Å². The number of benzene rings is 2. The third-order valence-corrected chi connectivity index (χ3v) is 5.96. The third kappa shape index (κ3) is 2.68. The van der Waals surface area contributed by atoms with Gasteiger partial charge in [-0.2, -0.15) is 5.10 Å². The van der Waals surface area contributed by atoms with Crippen molar-refractivity contribution in [3.05, 3.63) is 65.5 Å². The van der Waals surface area contributed by atoms with Gasteiger partial charge in [-0.05, 0) is 36.6 Å². The van der Waals surface area contributed by atoms with Gasteiger partial charge in [0.1, 0.15) is 11.6 Å². The largest absolute Gasteiger partial charge is 0.468 e. The maximum absolute atomic E-state index is 13.3. The van der Waals surface area contributed by atoms with Gasteiger partial charge in [0.2, 0.25) is 0 Å². The molecular formula is C22H23FN2O. The van der Waals surface area contributed by atoms with Crippen molar-refractivity contribution in [2.45, 2.75) is 50.8 Å². The summed E-state index contributed by atoms with van der Waals surface area (Å²) in [4.78, 5) is 0. The van der Waals surface area contributed by atoms with E-state index in [-0.39, 0.29) is 18.1 Å². The molecule has 0 saturated heterocycles. The molecule has 0 radical (unpaired) electrons. The smallest absolute Gasteiger partial charge is 0.190 e. The Morgan fingerprint density at radius 3 is 2.54 bits per heavy atom. The van der Waals surface area contributed by atoms with Gasteiger partial charge in [0.15, 0.2) is 6.23 Å². The summed E-state index contributed by atoms with van der Waals surface area (Å²) in [6.07, 6.45) is 7.14. The van der Waals surface area contributed by atoms with Crippen LogP contribution in [0.1, 0.15) is 55.7 Å². The summed E-state index contributed by atoms with van der Waals surface area (Å²) in [5.41, 5.74) is 3.23. The van der Waals surface area contributed by atoms with Gasteiger partial charge in [-0.15, -0.1) is 0 Å². The second-order valence-electron chi connectivity index (χ2n) is 7.60. The molecule has 0 aromatic heterocycles. The minimum Gasteiger partial charge on any atom is -0.468 e. The molecule has 2 atom stereocenters. The van der Waals surface area contributed by atoms with Gasteiger partial charge in [-0.25, -0.2) is 9.40 Å². The lowest BCUT2D eigenvalue weighted by Gasteiger charge is -2.42. The number of fused-ring (bicyclic) bond motifs is 3. The topological polar surface area (TPSA) is 24.8 Å². The highest BCUT2D eigenvalue weighted by Gasteiger charge is 2.43. The lowest BCUT2D eigenvalue weighted by Crippen LogP contribution is -2.45. The van der Waals surface area contributed by atoms with Gasteiger partial charge >= 0.3 is 0 Å². The third-order valence-electron chi connectivity index (χ3n) is 5.96. The number of hydrogen-bond acceptors (Lipinski definition) is 3. The van der Waals surface area contributed by atoms with Crippen LogP contribution >= 0.6 is 0 Å². The summed E-state index contributed by atoms with van der Waals surface area (Å²) < 4.78 is 19.7. The molecule has 2 aliphatic heterocycles. The summed E-state index contributed by atoms with van der Waals surface area (Å²) >= 11 is 0. The van der Waals surface area contributed by atoms with E-state index in [0.717, 1.165) is 23.4 Å². The highest BCUT2D eigenvalue weighted by Crippen LogP contribution is 2.46. The molecule has 3 nitrogen and oxygen atoms in total. The van der Waals surface area contributed by atoms with Crippen molar-refractivity contribution in [2.75, 3.05) is 0 Å². The van der Waals surface area contributed by atoms with Crippen LogP contribution in [-0.4, -0.2) is 16.9 Å². The second-order valence-corrected chi connectivity index (χ2v) is 7.60. The van der Waals surface area contributed by atoms with Crippen LogP contribution in [0.15, 0.2) is 53.6 Å². The van der Waals surface area contributed by atoms with Crippen molar-refractivity contribution in [2.24, 2.45) is 11.0 Å². The van der Waals surface area contributed by atoms with E-state index in [1.165, 1.54) is 49.8 Å². The Kier molecular flexibility index (Phi) is 3.92. The van der Waals surface area contributed by atoms with E-state index >= 15 is 0 Å². The maximum atomic E-state index is 13.3. The number of hydrazone groups is 1.